The number of hydrogen-bond donors (Lipinski definition) is 1. The Balaban J connectivity index is 2.35. The van der Waals surface area contributed by atoms with Crippen LogP contribution in [0.5, 0.6) is 0 Å². The number of benzene rings is 2. The van der Waals surface area contributed by atoms with Gasteiger partial charge in [-0.1, -0.05) is 17.7 Å². The fourth-order valence-corrected chi connectivity index (χ4v) is 2.57. The first kappa shape index (κ1) is 16.3. The molecule has 6 heteroatoms. The van der Waals surface area contributed by atoms with Crippen molar-refractivity contribution in [3.63, 3.8) is 0 Å². The second kappa shape index (κ2) is 6.81. The van der Waals surface area contributed by atoms with E-state index in [0.717, 1.165) is 0 Å². The van der Waals surface area contributed by atoms with Crippen molar-refractivity contribution in [2.45, 2.75) is 12.5 Å². The first-order chi connectivity index (χ1) is 9.93. The van der Waals surface area contributed by atoms with Crippen LogP contribution >= 0.6 is 27.5 Å². The molecule has 1 nitrogen and oxygen atoms in total. The lowest BCUT2D eigenvalue weighted by Crippen LogP contribution is -2.20. The highest BCUT2D eigenvalue weighted by atomic mass is 79.9. The Labute approximate surface area is 134 Å². The molecule has 0 aliphatic rings. The molecule has 1 N–H and O–H groups in total. The molecule has 0 fully saturated rings. The van der Waals surface area contributed by atoms with Gasteiger partial charge in [-0.3, -0.25) is 0 Å². The summed E-state index contributed by atoms with van der Waals surface area (Å²) in [6, 6.07) is 6.37. The second-order valence-corrected chi connectivity index (χ2v) is 5.80. The van der Waals surface area contributed by atoms with E-state index in [1.54, 1.807) is 13.1 Å². The Bertz CT molecular complexity index is 664. The summed E-state index contributed by atoms with van der Waals surface area (Å²) in [5, 5.41) is 2.94. The van der Waals surface area contributed by atoms with Crippen LogP contribution < -0.4 is 5.32 Å². The standard InChI is InChI=1S/C15H12BrClF3N/c1-21-14(8-2-4-11(17)13(19)6-8)7-9-12(18)5-3-10(16)15(9)20/h2-6,14,21H,7H2,1H3. The third-order valence-corrected chi connectivity index (χ3v) is 4.16. The smallest absolute Gasteiger partial charge is 0.143 e. The highest BCUT2D eigenvalue weighted by Gasteiger charge is 2.19. The number of nitrogens with one attached hydrogen (secondary N) is 1. The van der Waals surface area contributed by atoms with E-state index in [9.17, 15) is 13.2 Å². The van der Waals surface area contributed by atoms with Crippen LogP contribution in [0.25, 0.3) is 0 Å². The van der Waals surface area contributed by atoms with E-state index in [1.165, 1.54) is 24.3 Å². The van der Waals surface area contributed by atoms with Crippen LogP contribution in [0.2, 0.25) is 5.02 Å². The van der Waals surface area contributed by atoms with E-state index < -0.39 is 23.5 Å². The molecule has 0 spiro atoms. The normalized spacial score (nSPS) is 12.5. The van der Waals surface area contributed by atoms with E-state index in [0.29, 0.717) is 5.56 Å². The summed E-state index contributed by atoms with van der Waals surface area (Å²) >= 11 is 8.67. The highest BCUT2D eigenvalue weighted by molar-refractivity contribution is 9.10. The lowest BCUT2D eigenvalue weighted by molar-refractivity contribution is 0.510. The number of rotatable bonds is 4. The topological polar surface area (TPSA) is 12.0 Å². The molecular weight excluding hydrogens is 367 g/mol. The van der Waals surface area contributed by atoms with Crippen LogP contribution in [0.15, 0.2) is 34.8 Å². The van der Waals surface area contributed by atoms with Gasteiger partial charge in [-0.2, -0.15) is 0 Å². The minimum Gasteiger partial charge on any atom is -0.313 e. The van der Waals surface area contributed by atoms with Gasteiger partial charge in [-0.25, -0.2) is 13.2 Å². The minimum atomic E-state index is -0.648. The molecule has 1 atom stereocenters. The summed E-state index contributed by atoms with van der Waals surface area (Å²) in [5.74, 6) is -1.85. The highest BCUT2D eigenvalue weighted by Crippen LogP contribution is 2.27. The average Bonchev–Trinajstić information content (AvgIpc) is 2.47. The van der Waals surface area contributed by atoms with Crippen LogP contribution in [0.4, 0.5) is 13.2 Å². The van der Waals surface area contributed by atoms with Gasteiger partial charge in [0.1, 0.15) is 17.5 Å². The van der Waals surface area contributed by atoms with E-state index >= 15 is 0 Å². The van der Waals surface area contributed by atoms with Crippen LogP contribution in [-0.2, 0) is 6.42 Å². The number of halogens is 5. The van der Waals surface area contributed by atoms with Crippen LogP contribution in [0.1, 0.15) is 17.2 Å². The molecular formula is C15H12BrClF3N. The summed E-state index contributed by atoms with van der Waals surface area (Å²) in [6.45, 7) is 0. The Morgan fingerprint density at radius 2 is 1.86 bits per heavy atom. The molecule has 2 rings (SSSR count). The Kier molecular flexibility index (Phi) is 5.30. The second-order valence-electron chi connectivity index (χ2n) is 4.54. The Hall–Kier alpha value is -1.04. The molecule has 0 aliphatic carbocycles. The SMILES string of the molecule is CNC(Cc1c(F)ccc(Br)c1F)c1ccc(Cl)c(F)c1. The fraction of sp³-hybridized carbons (Fsp3) is 0.200. The predicted molar refractivity (Wildman–Crippen MR) is 81.0 cm³/mol. The van der Waals surface area contributed by atoms with Crippen molar-refractivity contribution in [3.8, 4) is 0 Å². The number of likely N-dealkylation sites (N-methyl/N-ethyl adjacent to an activating group) is 1. The van der Waals surface area contributed by atoms with E-state index in [-0.39, 0.29) is 21.5 Å². The summed E-state index contributed by atoms with van der Waals surface area (Å²) in [7, 11) is 1.64. The van der Waals surface area contributed by atoms with Crippen molar-refractivity contribution in [2.75, 3.05) is 7.05 Å². The van der Waals surface area contributed by atoms with E-state index in [1.807, 2.05) is 0 Å². The van der Waals surface area contributed by atoms with Crippen LogP contribution in [0.3, 0.4) is 0 Å². The maximum Gasteiger partial charge on any atom is 0.143 e. The molecule has 0 saturated heterocycles. The van der Waals surface area contributed by atoms with Crippen molar-refractivity contribution in [1.29, 1.82) is 0 Å². The number of hydrogen-bond acceptors (Lipinski definition) is 1. The molecule has 21 heavy (non-hydrogen) atoms. The molecule has 2 aromatic rings. The van der Waals surface area contributed by atoms with Crippen molar-refractivity contribution >= 4 is 27.5 Å². The van der Waals surface area contributed by atoms with Gasteiger partial charge < -0.3 is 5.32 Å². The van der Waals surface area contributed by atoms with Crippen molar-refractivity contribution in [2.24, 2.45) is 0 Å². The molecule has 0 amide bonds. The molecule has 0 aromatic heterocycles. The van der Waals surface area contributed by atoms with Crippen molar-refractivity contribution < 1.29 is 13.2 Å². The lowest BCUT2D eigenvalue weighted by atomic mass is 9.98. The molecule has 0 saturated carbocycles. The van der Waals surface area contributed by atoms with E-state index in [4.69, 9.17) is 11.6 Å². The summed E-state index contributed by atoms with van der Waals surface area (Å²) in [5.41, 5.74) is 0.511. The molecule has 0 heterocycles. The first-order valence-corrected chi connectivity index (χ1v) is 7.35. The molecule has 0 bridgehead atoms. The molecule has 0 radical (unpaired) electrons. The van der Waals surface area contributed by atoms with Gasteiger partial charge in [0.2, 0.25) is 0 Å². The predicted octanol–water partition coefficient (Wildman–Crippen LogP) is 5.02. The van der Waals surface area contributed by atoms with Gasteiger partial charge in [-0.15, -0.1) is 0 Å². The zero-order valence-corrected chi connectivity index (χ0v) is 13.4. The maximum atomic E-state index is 14.0. The van der Waals surface area contributed by atoms with Gasteiger partial charge in [0.15, 0.2) is 0 Å². The summed E-state index contributed by atoms with van der Waals surface area (Å²) in [6.07, 6.45) is 0.0503. The summed E-state index contributed by atoms with van der Waals surface area (Å²) in [4.78, 5) is 0. The Morgan fingerprint density at radius 1 is 1.14 bits per heavy atom. The van der Waals surface area contributed by atoms with Gasteiger partial charge >= 0.3 is 0 Å². The van der Waals surface area contributed by atoms with Gasteiger partial charge in [0.25, 0.3) is 0 Å². The van der Waals surface area contributed by atoms with Crippen LogP contribution in [-0.4, -0.2) is 7.05 Å². The largest absolute Gasteiger partial charge is 0.313 e. The minimum absolute atomic E-state index is 0.00780. The Morgan fingerprint density at radius 3 is 2.48 bits per heavy atom. The zero-order chi connectivity index (χ0) is 15.6. The quantitative estimate of drug-likeness (QED) is 0.736. The molecule has 1 unspecified atom stereocenters. The zero-order valence-electron chi connectivity index (χ0n) is 11.1. The van der Waals surface area contributed by atoms with Gasteiger partial charge in [0, 0.05) is 11.6 Å². The molecule has 112 valence electrons. The monoisotopic (exact) mass is 377 g/mol. The van der Waals surface area contributed by atoms with Gasteiger partial charge in [0.05, 0.1) is 9.50 Å². The average molecular weight is 379 g/mol. The molecule has 2 aromatic carbocycles. The first-order valence-electron chi connectivity index (χ1n) is 6.18. The molecule has 0 aliphatic heterocycles. The fourth-order valence-electron chi connectivity index (χ4n) is 2.08. The van der Waals surface area contributed by atoms with Crippen LogP contribution in [0, 0.1) is 17.5 Å². The summed E-state index contributed by atoms with van der Waals surface area (Å²) < 4.78 is 41.5. The lowest BCUT2D eigenvalue weighted by Gasteiger charge is -2.18. The van der Waals surface area contributed by atoms with Crippen molar-refractivity contribution in [3.05, 3.63) is 68.4 Å². The van der Waals surface area contributed by atoms with Gasteiger partial charge in [-0.05, 0) is 59.2 Å². The van der Waals surface area contributed by atoms with Crippen molar-refractivity contribution in [1.82, 2.24) is 5.32 Å². The third-order valence-electron chi connectivity index (χ3n) is 3.24. The maximum absolute atomic E-state index is 14.0. The van der Waals surface area contributed by atoms with E-state index in [2.05, 4.69) is 21.2 Å². The third kappa shape index (κ3) is 3.59.